The fourth-order valence-electron chi connectivity index (χ4n) is 3.00. The van der Waals surface area contributed by atoms with Crippen LogP contribution in [0.2, 0.25) is 0 Å². The maximum absolute atomic E-state index is 12.4. The van der Waals surface area contributed by atoms with Crippen molar-refractivity contribution in [2.45, 2.75) is 25.4 Å². The van der Waals surface area contributed by atoms with Crippen LogP contribution >= 0.6 is 0 Å². The zero-order chi connectivity index (χ0) is 15.4. The Morgan fingerprint density at radius 2 is 2.18 bits per heavy atom. The van der Waals surface area contributed by atoms with Crippen LogP contribution in [0.5, 0.6) is 0 Å². The molecule has 2 fully saturated rings. The first-order valence-corrected chi connectivity index (χ1v) is 7.80. The first kappa shape index (κ1) is 14.8. The van der Waals surface area contributed by atoms with Gasteiger partial charge in [0, 0.05) is 32.8 Å². The number of hydrogen-bond donors (Lipinski definition) is 0. The predicted molar refractivity (Wildman–Crippen MR) is 81.3 cm³/mol. The van der Waals surface area contributed by atoms with Crippen LogP contribution in [0.15, 0.2) is 18.2 Å². The summed E-state index contributed by atoms with van der Waals surface area (Å²) in [6.07, 6.45) is 2.47. The van der Waals surface area contributed by atoms with Crippen LogP contribution in [0.25, 0.3) is 0 Å². The molecule has 116 valence electrons. The van der Waals surface area contributed by atoms with Crippen LogP contribution in [0.3, 0.4) is 0 Å². The number of pyridine rings is 1. The number of amides is 1. The third-order valence-corrected chi connectivity index (χ3v) is 4.19. The van der Waals surface area contributed by atoms with E-state index < -0.39 is 0 Å². The molecule has 2 aliphatic rings. The molecule has 0 aliphatic carbocycles. The number of carbonyl (C=O) groups excluding carboxylic acids is 1. The Morgan fingerprint density at radius 1 is 1.27 bits per heavy atom. The predicted octanol–water partition coefficient (Wildman–Crippen LogP) is 1.17. The summed E-state index contributed by atoms with van der Waals surface area (Å²) in [4.78, 5) is 20.8. The molecule has 0 bridgehead atoms. The van der Waals surface area contributed by atoms with Gasteiger partial charge in [-0.15, -0.1) is 0 Å². The lowest BCUT2D eigenvalue weighted by molar-refractivity contribution is -0.140. The molecule has 1 amide bonds. The zero-order valence-corrected chi connectivity index (χ0v) is 12.6. The molecule has 0 spiro atoms. The molecule has 0 radical (unpaired) electrons. The minimum absolute atomic E-state index is 0.123. The van der Waals surface area contributed by atoms with E-state index >= 15 is 0 Å². The van der Waals surface area contributed by atoms with Crippen molar-refractivity contribution >= 4 is 11.7 Å². The van der Waals surface area contributed by atoms with Gasteiger partial charge in [-0.2, -0.15) is 5.26 Å². The number of rotatable bonds is 2. The van der Waals surface area contributed by atoms with Gasteiger partial charge in [0.15, 0.2) is 0 Å². The van der Waals surface area contributed by atoms with Crippen molar-refractivity contribution in [2.75, 3.05) is 37.7 Å². The molecule has 1 atom stereocenters. The van der Waals surface area contributed by atoms with Crippen LogP contribution in [-0.2, 0) is 9.53 Å². The minimum atomic E-state index is -0.244. The Labute approximate surface area is 130 Å². The molecule has 0 unspecified atom stereocenters. The smallest absolute Gasteiger partial charge is 0.251 e. The molecular formula is C16H20N4O2. The molecule has 6 nitrogen and oxygen atoms in total. The van der Waals surface area contributed by atoms with E-state index in [2.05, 4.69) is 16.0 Å². The zero-order valence-electron chi connectivity index (χ0n) is 12.6. The quantitative estimate of drug-likeness (QED) is 0.820. The van der Waals surface area contributed by atoms with E-state index in [0.29, 0.717) is 18.8 Å². The van der Waals surface area contributed by atoms with E-state index in [0.717, 1.165) is 44.7 Å². The average molecular weight is 300 g/mol. The number of nitrogens with zero attached hydrogens (tertiary/aromatic N) is 4. The first-order valence-electron chi connectivity index (χ1n) is 7.80. The largest absolute Gasteiger partial charge is 0.368 e. The second-order valence-corrected chi connectivity index (χ2v) is 5.66. The lowest BCUT2D eigenvalue weighted by Crippen LogP contribution is -2.41. The number of nitriles is 1. The average Bonchev–Trinajstić information content (AvgIpc) is 2.98. The fraction of sp³-hybridized carbons (Fsp3) is 0.562. The normalized spacial score (nSPS) is 22.2. The Morgan fingerprint density at radius 3 is 2.95 bits per heavy atom. The molecule has 22 heavy (non-hydrogen) atoms. The second kappa shape index (κ2) is 6.75. The summed E-state index contributed by atoms with van der Waals surface area (Å²) in [5, 5.41) is 8.95. The van der Waals surface area contributed by atoms with Crippen LogP contribution in [0.4, 0.5) is 5.82 Å². The van der Waals surface area contributed by atoms with E-state index in [1.54, 1.807) is 6.07 Å². The molecule has 3 rings (SSSR count). The molecule has 0 aromatic carbocycles. The van der Waals surface area contributed by atoms with Gasteiger partial charge in [0.05, 0.1) is 0 Å². The van der Waals surface area contributed by atoms with Crippen molar-refractivity contribution in [3.8, 4) is 6.07 Å². The molecule has 1 aromatic heterocycles. The van der Waals surface area contributed by atoms with Gasteiger partial charge in [-0.3, -0.25) is 4.79 Å². The topological polar surface area (TPSA) is 69.5 Å². The van der Waals surface area contributed by atoms with Gasteiger partial charge in [-0.1, -0.05) is 6.07 Å². The molecule has 3 heterocycles. The van der Waals surface area contributed by atoms with Crippen molar-refractivity contribution in [1.29, 1.82) is 5.26 Å². The van der Waals surface area contributed by atoms with Gasteiger partial charge in [-0.05, 0) is 31.4 Å². The van der Waals surface area contributed by atoms with Crippen LogP contribution in [-0.4, -0.2) is 54.7 Å². The molecule has 2 saturated heterocycles. The summed E-state index contributed by atoms with van der Waals surface area (Å²) in [6, 6.07) is 7.53. The van der Waals surface area contributed by atoms with Gasteiger partial charge < -0.3 is 14.5 Å². The van der Waals surface area contributed by atoms with Gasteiger partial charge in [-0.25, -0.2) is 4.98 Å². The maximum Gasteiger partial charge on any atom is 0.251 e. The van der Waals surface area contributed by atoms with Crippen molar-refractivity contribution in [1.82, 2.24) is 9.88 Å². The van der Waals surface area contributed by atoms with Crippen LogP contribution < -0.4 is 4.90 Å². The van der Waals surface area contributed by atoms with E-state index in [4.69, 9.17) is 10.00 Å². The molecule has 0 N–H and O–H groups in total. The third kappa shape index (κ3) is 3.20. The Bertz CT molecular complexity index is 578. The van der Waals surface area contributed by atoms with Gasteiger partial charge >= 0.3 is 0 Å². The molecule has 0 saturated carbocycles. The van der Waals surface area contributed by atoms with E-state index in [1.165, 1.54) is 0 Å². The number of ether oxygens (including phenoxy) is 1. The molecule has 1 aromatic rings. The number of aromatic nitrogens is 1. The summed E-state index contributed by atoms with van der Waals surface area (Å²) in [7, 11) is 0. The Hall–Kier alpha value is -2.13. The van der Waals surface area contributed by atoms with Crippen molar-refractivity contribution in [2.24, 2.45) is 0 Å². The molecule has 6 heteroatoms. The summed E-state index contributed by atoms with van der Waals surface area (Å²) < 4.78 is 5.50. The second-order valence-electron chi connectivity index (χ2n) is 5.66. The van der Waals surface area contributed by atoms with Crippen molar-refractivity contribution < 1.29 is 9.53 Å². The van der Waals surface area contributed by atoms with E-state index in [-0.39, 0.29) is 12.0 Å². The number of anilines is 1. The first-order chi connectivity index (χ1) is 10.8. The highest BCUT2D eigenvalue weighted by atomic mass is 16.5. The Kier molecular flexibility index (Phi) is 4.54. The van der Waals surface area contributed by atoms with E-state index in [9.17, 15) is 4.79 Å². The lowest BCUT2D eigenvalue weighted by Gasteiger charge is -2.24. The van der Waals surface area contributed by atoms with Gasteiger partial charge in [0.1, 0.15) is 23.7 Å². The van der Waals surface area contributed by atoms with E-state index in [1.807, 2.05) is 17.0 Å². The molecule has 2 aliphatic heterocycles. The third-order valence-electron chi connectivity index (χ3n) is 4.19. The summed E-state index contributed by atoms with van der Waals surface area (Å²) >= 11 is 0. The van der Waals surface area contributed by atoms with Crippen molar-refractivity contribution in [3.63, 3.8) is 0 Å². The lowest BCUT2D eigenvalue weighted by atomic mass is 10.2. The highest BCUT2D eigenvalue weighted by Gasteiger charge is 2.29. The van der Waals surface area contributed by atoms with Crippen LogP contribution in [0, 0.1) is 11.3 Å². The van der Waals surface area contributed by atoms with Gasteiger partial charge in [0.25, 0.3) is 5.91 Å². The summed E-state index contributed by atoms with van der Waals surface area (Å²) in [5.74, 6) is 0.934. The number of hydrogen-bond acceptors (Lipinski definition) is 5. The summed E-state index contributed by atoms with van der Waals surface area (Å²) in [5.41, 5.74) is 0.425. The fourth-order valence-corrected chi connectivity index (χ4v) is 3.00. The highest BCUT2D eigenvalue weighted by Crippen LogP contribution is 2.18. The standard InChI is InChI=1S/C16H20N4O2/c17-12-13-4-1-6-15(18-13)19-7-3-8-20(10-9-19)16(21)14-5-2-11-22-14/h1,4,6,14H,2-3,5,7-11H2/t14-/m1/s1. The van der Waals surface area contributed by atoms with Gasteiger partial charge in [0.2, 0.25) is 0 Å². The maximum atomic E-state index is 12.4. The van der Waals surface area contributed by atoms with Crippen LogP contribution in [0.1, 0.15) is 25.0 Å². The summed E-state index contributed by atoms with van der Waals surface area (Å²) in [6.45, 7) is 3.71. The monoisotopic (exact) mass is 300 g/mol. The number of carbonyl (C=O) groups is 1. The minimum Gasteiger partial charge on any atom is -0.368 e. The molecular weight excluding hydrogens is 280 g/mol. The SMILES string of the molecule is N#Cc1cccc(N2CCCN(C(=O)[C@H]3CCCO3)CC2)n1. The van der Waals surface area contributed by atoms with Crippen molar-refractivity contribution in [3.05, 3.63) is 23.9 Å². The Balaban J connectivity index is 1.64. The highest BCUT2D eigenvalue weighted by molar-refractivity contribution is 5.81.